The molecular formula is C24H22FN5O. The molecule has 6 nitrogen and oxygen atoms in total. The van der Waals surface area contributed by atoms with Gasteiger partial charge in [0.1, 0.15) is 5.82 Å². The third-order valence-corrected chi connectivity index (χ3v) is 4.83. The molecule has 0 saturated heterocycles. The third-order valence-electron chi connectivity index (χ3n) is 4.83. The first-order valence-corrected chi connectivity index (χ1v) is 9.84. The van der Waals surface area contributed by atoms with E-state index in [2.05, 4.69) is 15.4 Å². The second-order valence-electron chi connectivity index (χ2n) is 7.26. The lowest BCUT2D eigenvalue weighted by Crippen LogP contribution is -2.17. The molecule has 0 amide bonds. The molecule has 0 fully saturated rings. The van der Waals surface area contributed by atoms with Crippen LogP contribution in [-0.4, -0.2) is 34.8 Å². The number of hydrogen-bond acceptors (Lipinski definition) is 5. The number of carbonyl (C=O) groups is 1. The Morgan fingerprint density at radius 3 is 2.29 bits per heavy atom. The van der Waals surface area contributed by atoms with Gasteiger partial charge in [-0.25, -0.2) is 4.39 Å². The minimum Gasteiger partial charge on any atom is -0.378 e. The van der Waals surface area contributed by atoms with Crippen LogP contribution in [0.25, 0.3) is 11.4 Å². The lowest BCUT2D eigenvalue weighted by Gasteiger charge is -2.13. The van der Waals surface area contributed by atoms with Gasteiger partial charge in [0.25, 0.3) is 5.91 Å². The molecule has 0 atom stereocenters. The zero-order valence-corrected chi connectivity index (χ0v) is 17.3. The lowest BCUT2D eigenvalue weighted by atomic mass is 10.2. The number of rotatable bonds is 6. The Morgan fingerprint density at radius 1 is 0.968 bits per heavy atom. The predicted octanol–water partition coefficient (Wildman–Crippen LogP) is 4.45. The molecule has 0 spiro atoms. The molecule has 0 radical (unpaired) electrons. The summed E-state index contributed by atoms with van der Waals surface area (Å²) in [5.41, 5.74) is 3.26. The second-order valence-corrected chi connectivity index (χ2v) is 7.26. The Kier molecular flexibility index (Phi) is 5.75. The smallest absolute Gasteiger partial charge is 0.281 e. The van der Waals surface area contributed by atoms with Crippen molar-refractivity contribution in [1.29, 1.82) is 0 Å². The molecule has 0 bridgehead atoms. The van der Waals surface area contributed by atoms with E-state index in [1.165, 1.54) is 28.9 Å². The van der Waals surface area contributed by atoms with Crippen molar-refractivity contribution in [1.82, 2.24) is 14.8 Å². The average molecular weight is 415 g/mol. The zero-order chi connectivity index (χ0) is 21.8. The summed E-state index contributed by atoms with van der Waals surface area (Å²) >= 11 is 0. The summed E-state index contributed by atoms with van der Waals surface area (Å²) in [5.74, 6) is -0.0360. The van der Waals surface area contributed by atoms with E-state index in [1.807, 2.05) is 73.6 Å². The van der Waals surface area contributed by atoms with Gasteiger partial charge in [-0.3, -0.25) is 4.79 Å². The van der Waals surface area contributed by atoms with Gasteiger partial charge in [-0.05, 0) is 42.0 Å². The average Bonchev–Trinajstić information content (AvgIpc) is 3.23. The van der Waals surface area contributed by atoms with Gasteiger partial charge >= 0.3 is 0 Å². The van der Waals surface area contributed by atoms with Crippen LogP contribution in [0, 0.1) is 5.82 Å². The summed E-state index contributed by atoms with van der Waals surface area (Å²) in [6.07, 6.45) is 0. The van der Waals surface area contributed by atoms with Crippen molar-refractivity contribution < 1.29 is 9.18 Å². The van der Waals surface area contributed by atoms with Crippen LogP contribution in [0.3, 0.4) is 0 Å². The van der Waals surface area contributed by atoms with Crippen molar-refractivity contribution >= 4 is 17.5 Å². The Bertz CT molecular complexity index is 1170. The molecule has 1 aromatic heterocycles. The van der Waals surface area contributed by atoms with E-state index in [1.54, 1.807) is 0 Å². The van der Waals surface area contributed by atoms with Gasteiger partial charge in [0, 0.05) is 37.5 Å². The van der Waals surface area contributed by atoms with Crippen LogP contribution in [0.5, 0.6) is 0 Å². The second kappa shape index (κ2) is 8.79. The van der Waals surface area contributed by atoms with Crippen LogP contribution in [-0.2, 0) is 6.54 Å². The predicted molar refractivity (Wildman–Crippen MR) is 120 cm³/mol. The number of nitrogens with zero attached hydrogens (tertiary/aromatic N) is 4. The highest BCUT2D eigenvalue weighted by Crippen LogP contribution is 2.20. The van der Waals surface area contributed by atoms with Crippen LogP contribution in [0.4, 0.5) is 16.0 Å². The van der Waals surface area contributed by atoms with Gasteiger partial charge < -0.3 is 10.2 Å². The highest BCUT2D eigenvalue weighted by Gasteiger charge is 2.19. The maximum atomic E-state index is 13.3. The number of aromatic nitrogens is 3. The Labute approximate surface area is 180 Å². The molecule has 4 aromatic rings. The largest absolute Gasteiger partial charge is 0.378 e. The standard InChI is InChI=1S/C24H22FN5O/c1-29(2)21-14-8-17(9-15-21)16-26-24-27-22(18-6-4-3-5-7-18)28-30(24)23(31)19-10-12-20(25)13-11-19/h3-15H,16H2,1-2H3,(H,26,27,28). The molecule has 0 aliphatic heterocycles. The summed E-state index contributed by atoms with van der Waals surface area (Å²) in [5, 5.41) is 7.63. The molecule has 31 heavy (non-hydrogen) atoms. The van der Waals surface area contributed by atoms with Crippen LogP contribution in [0.15, 0.2) is 78.9 Å². The molecule has 4 rings (SSSR count). The third kappa shape index (κ3) is 4.61. The number of anilines is 2. The van der Waals surface area contributed by atoms with E-state index >= 15 is 0 Å². The molecule has 0 aliphatic rings. The fourth-order valence-corrected chi connectivity index (χ4v) is 3.09. The van der Waals surface area contributed by atoms with Gasteiger partial charge in [0.2, 0.25) is 5.95 Å². The molecule has 0 saturated carbocycles. The Hall–Kier alpha value is -4.00. The minimum absolute atomic E-state index is 0.323. The molecular weight excluding hydrogens is 393 g/mol. The molecule has 7 heteroatoms. The van der Waals surface area contributed by atoms with Crippen LogP contribution in [0.1, 0.15) is 15.9 Å². The maximum absolute atomic E-state index is 13.3. The van der Waals surface area contributed by atoms with Crippen LogP contribution < -0.4 is 10.2 Å². The van der Waals surface area contributed by atoms with Crippen molar-refractivity contribution in [3.05, 3.63) is 95.8 Å². The monoisotopic (exact) mass is 415 g/mol. The SMILES string of the molecule is CN(C)c1ccc(CNc2nc(-c3ccccc3)nn2C(=O)c2ccc(F)cc2)cc1. The number of hydrogen-bond donors (Lipinski definition) is 1. The topological polar surface area (TPSA) is 63.0 Å². The summed E-state index contributed by atoms with van der Waals surface area (Å²) in [6, 6.07) is 22.9. The minimum atomic E-state index is -0.403. The first-order valence-electron chi connectivity index (χ1n) is 9.84. The summed E-state index contributed by atoms with van der Waals surface area (Å²) in [7, 11) is 3.98. The summed E-state index contributed by atoms with van der Waals surface area (Å²) < 4.78 is 14.5. The summed E-state index contributed by atoms with van der Waals surface area (Å²) in [6.45, 7) is 0.470. The number of halogens is 1. The van der Waals surface area contributed by atoms with Crippen molar-refractivity contribution in [3.63, 3.8) is 0 Å². The van der Waals surface area contributed by atoms with Crippen molar-refractivity contribution in [2.24, 2.45) is 0 Å². The number of carbonyl (C=O) groups excluding carboxylic acids is 1. The van der Waals surface area contributed by atoms with E-state index in [0.29, 0.717) is 23.9 Å². The molecule has 1 heterocycles. The quantitative estimate of drug-likeness (QED) is 0.504. The van der Waals surface area contributed by atoms with E-state index < -0.39 is 5.82 Å². The Morgan fingerprint density at radius 2 is 1.65 bits per heavy atom. The first kappa shape index (κ1) is 20.3. The van der Waals surface area contributed by atoms with Gasteiger partial charge in [-0.15, -0.1) is 5.10 Å². The fraction of sp³-hybridized carbons (Fsp3) is 0.125. The van der Waals surface area contributed by atoms with Gasteiger partial charge in [0.05, 0.1) is 0 Å². The van der Waals surface area contributed by atoms with Crippen molar-refractivity contribution in [3.8, 4) is 11.4 Å². The molecule has 156 valence electrons. The normalized spacial score (nSPS) is 10.7. The lowest BCUT2D eigenvalue weighted by molar-refractivity contribution is 0.0947. The Balaban J connectivity index is 1.63. The van der Waals surface area contributed by atoms with Gasteiger partial charge in [-0.2, -0.15) is 9.67 Å². The zero-order valence-electron chi connectivity index (χ0n) is 17.3. The molecule has 0 aliphatic carbocycles. The van der Waals surface area contributed by atoms with Crippen molar-refractivity contribution in [2.45, 2.75) is 6.54 Å². The maximum Gasteiger partial charge on any atom is 0.281 e. The number of benzene rings is 3. The van der Waals surface area contributed by atoms with E-state index in [-0.39, 0.29) is 5.91 Å². The summed E-state index contributed by atoms with van der Waals surface area (Å²) in [4.78, 5) is 19.6. The van der Waals surface area contributed by atoms with Crippen LogP contribution >= 0.6 is 0 Å². The highest BCUT2D eigenvalue weighted by molar-refractivity contribution is 5.97. The van der Waals surface area contributed by atoms with E-state index in [4.69, 9.17) is 0 Å². The first-order chi connectivity index (χ1) is 15.0. The molecule has 1 N–H and O–H groups in total. The van der Waals surface area contributed by atoms with Gasteiger partial charge in [-0.1, -0.05) is 42.5 Å². The molecule has 3 aromatic carbocycles. The van der Waals surface area contributed by atoms with E-state index in [9.17, 15) is 9.18 Å². The van der Waals surface area contributed by atoms with Crippen molar-refractivity contribution in [2.75, 3.05) is 24.3 Å². The van der Waals surface area contributed by atoms with E-state index in [0.717, 1.165) is 16.8 Å². The van der Waals surface area contributed by atoms with Crippen LogP contribution in [0.2, 0.25) is 0 Å². The highest BCUT2D eigenvalue weighted by atomic mass is 19.1. The molecule has 0 unspecified atom stereocenters. The fourth-order valence-electron chi connectivity index (χ4n) is 3.09. The number of nitrogens with one attached hydrogen (secondary N) is 1. The van der Waals surface area contributed by atoms with Gasteiger partial charge in [0.15, 0.2) is 5.82 Å².